The molecule has 0 fully saturated rings. The Labute approximate surface area is 198 Å². The molecule has 7 nitrogen and oxygen atoms in total. The van der Waals surface area contributed by atoms with Gasteiger partial charge in [0.1, 0.15) is 10.6 Å². The summed E-state index contributed by atoms with van der Waals surface area (Å²) in [6, 6.07) is 22.0. The minimum absolute atomic E-state index is 0.0138. The normalized spacial score (nSPS) is 10.9. The molecule has 0 unspecified atom stereocenters. The van der Waals surface area contributed by atoms with E-state index < -0.39 is 15.9 Å². The summed E-state index contributed by atoms with van der Waals surface area (Å²) in [6.07, 6.45) is 1.01. The van der Waals surface area contributed by atoms with Gasteiger partial charge in [0.2, 0.25) is 10.0 Å². The minimum atomic E-state index is -3.94. The van der Waals surface area contributed by atoms with Gasteiger partial charge >= 0.3 is 0 Å². The Hall–Kier alpha value is -3.38. The van der Waals surface area contributed by atoms with Crippen molar-refractivity contribution in [2.75, 3.05) is 11.9 Å². The number of hydrogen-bond donors (Lipinski definition) is 2. The molecule has 3 aromatic rings. The number of hydrogen-bond acceptors (Lipinski definition) is 5. The smallest absolute Gasteiger partial charge is 0.255 e. The van der Waals surface area contributed by atoms with Gasteiger partial charge in [0.15, 0.2) is 0 Å². The summed E-state index contributed by atoms with van der Waals surface area (Å²) < 4.78 is 33.6. The van der Waals surface area contributed by atoms with Gasteiger partial charge in [-0.15, -0.1) is 0 Å². The first kappa shape index (κ1) is 24.3. The molecule has 170 valence electrons. The Morgan fingerprint density at radius 2 is 1.82 bits per heavy atom. The standard InChI is InChI=1S/C24H22ClN3O4S/c25-22-12-11-19(15-23(22)33(30,31)27-17-18-7-2-1-3-8-18)24(29)28-20-9-6-10-21(16-20)32-14-5-4-13-26/h1-3,6-12,15-16,27H,4-5,14,17H2,(H,28,29). The van der Waals surface area contributed by atoms with Crippen molar-refractivity contribution >= 4 is 33.2 Å². The van der Waals surface area contributed by atoms with Crippen LogP contribution < -0.4 is 14.8 Å². The highest BCUT2D eigenvalue weighted by molar-refractivity contribution is 7.89. The molecule has 1 amide bonds. The fraction of sp³-hybridized carbons (Fsp3) is 0.167. The van der Waals surface area contributed by atoms with Crippen molar-refractivity contribution in [2.45, 2.75) is 24.3 Å². The Bertz CT molecular complexity index is 1260. The molecule has 3 aromatic carbocycles. The van der Waals surface area contributed by atoms with Crippen molar-refractivity contribution in [2.24, 2.45) is 0 Å². The maximum Gasteiger partial charge on any atom is 0.255 e. The fourth-order valence-corrected chi connectivity index (χ4v) is 4.45. The molecule has 0 heterocycles. The molecule has 0 aliphatic carbocycles. The second kappa shape index (κ2) is 11.5. The maximum atomic E-state index is 12.8. The van der Waals surface area contributed by atoms with Crippen LogP contribution in [0.4, 0.5) is 5.69 Å². The monoisotopic (exact) mass is 483 g/mol. The van der Waals surface area contributed by atoms with Gasteiger partial charge in [-0.1, -0.05) is 48.0 Å². The van der Waals surface area contributed by atoms with E-state index in [-0.39, 0.29) is 22.0 Å². The zero-order valence-corrected chi connectivity index (χ0v) is 19.2. The quantitative estimate of drug-likeness (QED) is 0.404. The van der Waals surface area contributed by atoms with E-state index in [4.69, 9.17) is 21.6 Å². The third-order valence-corrected chi connectivity index (χ3v) is 6.47. The zero-order chi connectivity index (χ0) is 23.7. The van der Waals surface area contributed by atoms with Crippen molar-refractivity contribution in [1.82, 2.24) is 4.72 Å². The van der Waals surface area contributed by atoms with E-state index in [0.717, 1.165) is 5.56 Å². The van der Waals surface area contributed by atoms with Crippen LogP contribution in [0.15, 0.2) is 77.7 Å². The van der Waals surface area contributed by atoms with Crippen molar-refractivity contribution < 1.29 is 17.9 Å². The highest BCUT2D eigenvalue weighted by Gasteiger charge is 2.20. The number of nitrogens with zero attached hydrogens (tertiary/aromatic N) is 1. The molecule has 9 heteroatoms. The lowest BCUT2D eigenvalue weighted by atomic mass is 10.2. The summed E-state index contributed by atoms with van der Waals surface area (Å²) in [5.41, 5.74) is 1.42. The van der Waals surface area contributed by atoms with Crippen LogP contribution >= 0.6 is 11.6 Å². The molecule has 33 heavy (non-hydrogen) atoms. The molecule has 0 radical (unpaired) electrons. The molecule has 0 bridgehead atoms. The Morgan fingerprint density at radius 3 is 2.58 bits per heavy atom. The molecule has 0 saturated carbocycles. The highest BCUT2D eigenvalue weighted by Crippen LogP contribution is 2.24. The SMILES string of the molecule is N#CCCCOc1cccc(NC(=O)c2ccc(Cl)c(S(=O)(=O)NCc3ccccc3)c2)c1. The van der Waals surface area contributed by atoms with Crippen LogP contribution in [0.1, 0.15) is 28.8 Å². The number of nitriles is 1. The van der Waals surface area contributed by atoms with E-state index in [1.165, 1.54) is 18.2 Å². The average Bonchev–Trinajstić information content (AvgIpc) is 2.82. The summed E-state index contributed by atoms with van der Waals surface area (Å²) >= 11 is 6.13. The van der Waals surface area contributed by atoms with Crippen LogP contribution in [-0.2, 0) is 16.6 Å². The molecule has 0 saturated heterocycles. The molecule has 0 aliphatic heterocycles. The lowest BCUT2D eigenvalue weighted by Crippen LogP contribution is -2.24. The molecule has 0 atom stereocenters. The van der Waals surface area contributed by atoms with E-state index in [1.807, 2.05) is 18.2 Å². The molecule has 0 aromatic heterocycles. The van der Waals surface area contributed by atoms with Crippen molar-refractivity contribution in [3.8, 4) is 11.8 Å². The molecule has 0 spiro atoms. The van der Waals surface area contributed by atoms with Crippen LogP contribution in [0.2, 0.25) is 5.02 Å². The number of amides is 1. The number of carbonyl (C=O) groups is 1. The lowest BCUT2D eigenvalue weighted by Gasteiger charge is -2.11. The zero-order valence-electron chi connectivity index (χ0n) is 17.6. The number of nitrogens with one attached hydrogen (secondary N) is 2. The van der Waals surface area contributed by atoms with Crippen LogP contribution in [0.5, 0.6) is 5.75 Å². The van der Waals surface area contributed by atoms with Gasteiger partial charge < -0.3 is 10.1 Å². The third kappa shape index (κ3) is 7.05. The second-order valence-electron chi connectivity index (χ2n) is 7.05. The first-order valence-corrected chi connectivity index (χ1v) is 12.0. The predicted molar refractivity (Wildman–Crippen MR) is 127 cm³/mol. The van der Waals surface area contributed by atoms with Crippen molar-refractivity contribution in [3.63, 3.8) is 0 Å². The van der Waals surface area contributed by atoms with Gasteiger partial charge in [-0.2, -0.15) is 5.26 Å². The van der Waals surface area contributed by atoms with Crippen LogP contribution in [-0.4, -0.2) is 20.9 Å². The van der Waals surface area contributed by atoms with Crippen LogP contribution in [0, 0.1) is 11.3 Å². The number of unbranched alkanes of at least 4 members (excludes halogenated alkanes) is 1. The molecule has 2 N–H and O–H groups in total. The molecule has 3 rings (SSSR count). The Balaban J connectivity index is 1.71. The Kier molecular flexibility index (Phi) is 8.44. The van der Waals surface area contributed by atoms with E-state index in [0.29, 0.717) is 30.9 Å². The van der Waals surface area contributed by atoms with Gasteiger partial charge in [0.25, 0.3) is 5.91 Å². The molecular weight excluding hydrogens is 462 g/mol. The number of rotatable bonds is 10. The number of benzene rings is 3. The third-order valence-electron chi connectivity index (χ3n) is 4.59. The van der Waals surface area contributed by atoms with E-state index in [9.17, 15) is 13.2 Å². The van der Waals surface area contributed by atoms with Gasteiger partial charge in [0, 0.05) is 30.3 Å². The molecular formula is C24H22ClN3O4S. The van der Waals surface area contributed by atoms with E-state index >= 15 is 0 Å². The van der Waals surface area contributed by atoms with Gasteiger partial charge in [-0.05, 0) is 42.3 Å². The first-order valence-electron chi connectivity index (χ1n) is 10.1. The van der Waals surface area contributed by atoms with Gasteiger partial charge in [-0.3, -0.25) is 4.79 Å². The topological polar surface area (TPSA) is 108 Å². The number of sulfonamides is 1. The lowest BCUT2D eigenvalue weighted by molar-refractivity contribution is 0.102. The number of halogens is 1. The minimum Gasteiger partial charge on any atom is -0.493 e. The Morgan fingerprint density at radius 1 is 1.03 bits per heavy atom. The summed E-state index contributed by atoms with van der Waals surface area (Å²) in [5, 5.41) is 11.3. The fourth-order valence-electron chi connectivity index (χ4n) is 2.91. The second-order valence-corrected chi connectivity index (χ2v) is 9.19. The number of anilines is 1. The summed E-state index contributed by atoms with van der Waals surface area (Å²) in [7, 11) is -3.94. The maximum absolute atomic E-state index is 12.8. The number of ether oxygens (including phenoxy) is 1. The summed E-state index contributed by atoms with van der Waals surface area (Å²) in [4.78, 5) is 12.6. The predicted octanol–water partition coefficient (Wildman–Crippen LogP) is 4.75. The molecule has 0 aliphatic rings. The van der Waals surface area contributed by atoms with Crippen molar-refractivity contribution in [3.05, 3.63) is 88.9 Å². The van der Waals surface area contributed by atoms with E-state index in [2.05, 4.69) is 16.1 Å². The summed E-state index contributed by atoms with van der Waals surface area (Å²) in [5.74, 6) is 0.0584. The largest absolute Gasteiger partial charge is 0.493 e. The number of carbonyl (C=O) groups excluding carboxylic acids is 1. The van der Waals surface area contributed by atoms with E-state index in [1.54, 1.807) is 36.4 Å². The van der Waals surface area contributed by atoms with Crippen LogP contribution in [0.3, 0.4) is 0 Å². The average molecular weight is 484 g/mol. The first-order chi connectivity index (χ1) is 15.9. The summed E-state index contributed by atoms with van der Waals surface area (Å²) in [6.45, 7) is 0.483. The van der Waals surface area contributed by atoms with Gasteiger partial charge in [-0.25, -0.2) is 13.1 Å². The highest BCUT2D eigenvalue weighted by atomic mass is 35.5. The van der Waals surface area contributed by atoms with Gasteiger partial charge in [0.05, 0.1) is 17.7 Å². The van der Waals surface area contributed by atoms with Crippen LogP contribution in [0.25, 0.3) is 0 Å². The van der Waals surface area contributed by atoms with Crippen molar-refractivity contribution in [1.29, 1.82) is 5.26 Å².